The third-order valence-electron chi connectivity index (χ3n) is 2.47. The van der Waals surface area contributed by atoms with Crippen LogP contribution in [-0.2, 0) is 10.1 Å². The summed E-state index contributed by atoms with van der Waals surface area (Å²) in [5.41, 5.74) is 2.15. The summed E-state index contributed by atoms with van der Waals surface area (Å²) in [6.07, 6.45) is 0. The van der Waals surface area contributed by atoms with Crippen LogP contribution in [0, 0.1) is 6.92 Å². The Hall–Kier alpha value is -1.85. The zero-order valence-electron chi connectivity index (χ0n) is 11.6. The monoisotopic (exact) mass is 293 g/mol. The van der Waals surface area contributed by atoms with Crippen molar-refractivity contribution >= 4 is 15.8 Å². The lowest BCUT2D eigenvalue weighted by Gasteiger charge is -1.99. The molecular weight excluding hydrogens is 274 g/mol. The molecule has 2 rings (SSSR count). The Morgan fingerprint density at radius 3 is 2.00 bits per heavy atom. The standard InChI is InChI=1S/C8H11N.C7H8O3S/c1-2-9-8-6-4-3-5-7-8;1-6-2-4-7(5-3-6)11(8,9)10/h3-7,9H,2H2,1H3;2-5H,1H3,(H,8,9,10). The van der Waals surface area contributed by atoms with Gasteiger partial charge in [-0.25, -0.2) is 0 Å². The topological polar surface area (TPSA) is 66.4 Å². The molecule has 0 amide bonds. The number of hydrogen-bond donors (Lipinski definition) is 2. The molecule has 0 aromatic heterocycles. The van der Waals surface area contributed by atoms with E-state index in [1.165, 1.54) is 17.8 Å². The fraction of sp³-hybridized carbons (Fsp3) is 0.200. The minimum absolute atomic E-state index is 0.0666. The molecule has 20 heavy (non-hydrogen) atoms. The molecule has 5 heteroatoms. The third kappa shape index (κ3) is 5.86. The average molecular weight is 293 g/mol. The van der Waals surface area contributed by atoms with Crippen molar-refractivity contribution in [3.8, 4) is 0 Å². The van der Waals surface area contributed by atoms with E-state index in [4.69, 9.17) is 4.55 Å². The number of nitrogens with one attached hydrogen (secondary N) is 1. The van der Waals surface area contributed by atoms with Crippen LogP contribution in [0.1, 0.15) is 12.5 Å². The minimum Gasteiger partial charge on any atom is -0.385 e. The summed E-state index contributed by atoms with van der Waals surface area (Å²) in [6, 6.07) is 16.2. The first-order chi connectivity index (χ1) is 9.43. The minimum atomic E-state index is -4.02. The van der Waals surface area contributed by atoms with E-state index in [-0.39, 0.29) is 4.90 Å². The Kier molecular flexibility index (Phi) is 6.21. The van der Waals surface area contributed by atoms with E-state index in [1.54, 1.807) is 12.1 Å². The quantitative estimate of drug-likeness (QED) is 0.852. The summed E-state index contributed by atoms with van der Waals surface area (Å²) in [6.45, 7) is 4.92. The molecule has 0 heterocycles. The number of benzene rings is 2. The first-order valence-corrected chi connectivity index (χ1v) is 7.70. The van der Waals surface area contributed by atoms with Gasteiger partial charge in [0.25, 0.3) is 10.1 Å². The molecule has 0 unspecified atom stereocenters. The highest BCUT2D eigenvalue weighted by Crippen LogP contribution is 2.08. The van der Waals surface area contributed by atoms with Gasteiger partial charge in [0, 0.05) is 12.2 Å². The molecule has 0 fully saturated rings. The van der Waals surface area contributed by atoms with Crippen molar-refractivity contribution in [1.29, 1.82) is 0 Å². The van der Waals surface area contributed by atoms with E-state index in [0.717, 1.165) is 12.1 Å². The lowest BCUT2D eigenvalue weighted by atomic mass is 10.2. The van der Waals surface area contributed by atoms with Gasteiger partial charge in [-0.3, -0.25) is 4.55 Å². The second-order valence-corrected chi connectivity index (χ2v) is 5.61. The van der Waals surface area contributed by atoms with Gasteiger partial charge in [-0.1, -0.05) is 35.9 Å². The van der Waals surface area contributed by atoms with Crippen LogP contribution in [-0.4, -0.2) is 19.5 Å². The summed E-state index contributed by atoms with van der Waals surface area (Å²) >= 11 is 0. The van der Waals surface area contributed by atoms with Gasteiger partial charge in [0.1, 0.15) is 0 Å². The molecule has 2 N–H and O–H groups in total. The summed E-state index contributed by atoms with van der Waals surface area (Å²) in [5, 5.41) is 3.21. The van der Waals surface area contributed by atoms with Crippen LogP contribution in [0.25, 0.3) is 0 Å². The van der Waals surface area contributed by atoms with Crippen molar-refractivity contribution in [2.24, 2.45) is 0 Å². The molecule has 0 saturated carbocycles. The van der Waals surface area contributed by atoms with Gasteiger partial charge in [0.05, 0.1) is 4.90 Å². The van der Waals surface area contributed by atoms with Crippen molar-refractivity contribution in [1.82, 2.24) is 0 Å². The van der Waals surface area contributed by atoms with Crippen molar-refractivity contribution < 1.29 is 13.0 Å². The zero-order valence-corrected chi connectivity index (χ0v) is 12.4. The molecule has 108 valence electrons. The van der Waals surface area contributed by atoms with Crippen LogP contribution in [0.3, 0.4) is 0 Å². The molecule has 0 aliphatic carbocycles. The highest BCUT2D eigenvalue weighted by molar-refractivity contribution is 7.85. The molecule has 0 atom stereocenters. The van der Waals surface area contributed by atoms with Gasteiger partial charge in [-0.15, -0.1) is 0 Å². The lowest BCUT2D eigenvalue weighted by Crippen LogP contribution is -1.96. The van der Waals surface area contributed by atoms with Crippen molar-refractivity contribution in [2.75, 3.05) is 11.9 Å². The van der Waals surface area contributed by atoms with Crippen molar-refractivity contribution in [3.05, 3.63) is 60.2 Å². The molecule has 0 bridgehead atoms. The van der Waals surface area contributed by atoms with E-state index in [2.05, 4.69) is 24.4 Å². The fourth-order valence-electron chi connectivity index (χ4n) is 1.47. The first kappa shape index (κ1) is 16.2. The molecule has 4 nitrogen and oxygen atoms in total. The normalized spacial score (nSPS) is 10.3. The molecule has 2 aromatic carbocycles. The Bertz CT molecular complexity index is 607. The number of rotatable bonds is 3. The maximum absolute atomic E-state index is 10.5. The first-order valence-electron chi connectivity index (χ1n) is 6.26. The molecule has 0 aliphatic rings. The number of hydrogen-bond acceptors (Lipinski definition) is 3. The van der Waals surface area contributed by atoms with Crippen molar-refractivity contribution in [2.45, 2.75) is 18.7 Å². The number of aryl methyl sites for hydroxylation is 1. The Morgan fingerprint density at radius 1 is 1.00 bits per heavy atom. The van der Waals surface area contributed by atoms with E-state index in [9.17, 15) is 8.42 Å². The maximum atomic E-state index is 10.5. The molecule has 0 radical (unpaired) electrons. The second kappa shape index (κ2) is 7.67. The summed E-state index contributed by atoms with van der Waals surface area (Å²) in [4.78, 5) is -0.0666. The molecule has 2 aromatic rings. The molecular formula is C15H19NO3S. The van der Waals surface area contributed by atoms with E-state index >= 15 is 0 Å². The number of anilines is 1. The largest absolute Gasteiger partial charge is 0.385 e. The van der Waals surface area contributed by atoms with E-state index < -0.39 is 10.1 Å². The van der Waals surface area contributed by atoms with Crippen LogP contribution in [0.2, 0.25) is 0 Å². The third-order valence-corrected chi connectivity index (χ3v) is 3.34. The van der Waals surface area contributed by atoms with Gasteiger partial charge in [-0.05, 0) is 38.1 Å². The van der Waals surface area contributed by atoms with Crippen molar-refractivity contribution in [3.63, 3.8) is 0 Å². The van der Waals surface area contributed by atoms with E-state index in [0.29, 0.717) is 0 Å². The maximum Gasteiger partial charge on any atom is 0.294 e. The van der Waals surface area contributed by atoms with Gasteiger partial charge >= 0.3 is 0 Å². The number of para-hydroxylation sites is 1. The Morgan fingerprint density at radius 2 is 1.55 bits per heavy atom. The smallest absolute Gasteiger partial charge is 0.294 e. The van der Waals surface area contributed by atoms with Gasteiger partial charge in [-0.2, -0.15) is 8.42 Å². The van der Waals surface area contributed by atoms with Gasteiger partial charge in [0.2, 0.25) is 0 Å². The molecule has 0 spiro atoms. The second-order valence-electron chi connectivity index (χ2n) is 4.18. The van der Waals surface area contributed by atoms with Gasteiger partial charge in [0.15, 0.2) is 0 Å². The fourth-order valence-corrected chi connectivity index (χ4v) is 1.95. The SMILES string of the molecule is CCNc1ccccc1.Cc1ccc(S(=O)(=O)O)cc1. The highest BCUT2D eigenvalue weighted by atomic mass is 32.2. The summed E-state index contributed by atoms with van der Waals surface area (Å²) in [5.74, 6) is 0. The van der Waals surface area contributed by atoms with Crippen LogP contribution in [0.15, 0.2) is 59.5 Å². The van der Waals surface area contributed by atoms with Gasteiger partial charge < -0.3 is 5.32 Å². The molecule has 0 aliphatic heterocycles. The highest BCUT2D eigenvalue weighted by Gasteiger charge is 2.06. The van der Waals surface area contributed by atoms with Crippen LogP contribution < -0.4 is 5.32 Å². The van der Waals surface area contributed by atoms with E-state index in [1.807, 2.05) is 25.1 Å². The van der Waals surface area contributed by atoms with Crippen LogP contribution >= 0.6 is 0 Å². The van der Waals surface area contributed by atoms with Crippen LogP contribution in [0.5, 0.6) is 0 Å². The summed E-state index contributed by atoms with van der Waals surface area (Å²) in [7, 11) is -4.02. The predicted molar refractivity (Wildman–Crippen MR) is 81.6 cm³/mol. The summed E-state index contributed by atoms with van der Waals surface area (Å²) < 4.78 is 29.6. The molecule has 0 saturated heterocycles. The lowest BCUT2D eigenvalue weighted by molar-refractivity contribution is 0.483. The predicted octanol–water partition coefficient (Wildman–Crippen LogP) is 3.36. The average Bonchev–Trinajstić information content (AvgIpc) is 2.40. The zero-order chi connectivity index (χ0) is 15.0. The Labute approximate surface area is 120 Å². The Balaban J connectivity index is 0.000000204. The van der Waals surface area contributed by atoms with Crippen LogP contribution in [0.4, 0.5) is 5.69 Å².